The standard InChI is InChI=1S/C17H19BrN4O3/c1-3-23-11-6-5-10(9-13(11)24-4-2)15(19)17-20-16(21-22-17)12-7-8-14(18)25-12/h5-9,15H,3-4,19H2,1-2H3,(H,20,21,22). The highest BCUT2D eigenvalue weighted by atomic mass is 79.9. The second-order valence-corrected chi connectivity index (χ2v) is 5.98. The second-order valence-electron chi connectivity index (χ2n) is 5.20. The molecular formula is C17H19BrN4O3. The van der Waals surface area contributed by atoms with Crippen molar-refractivity contribution in [2.75, 3.05) is 13.2 Å². The van der Waals surface area contributed by atoms with Crippen LogP contribution >= 0.6 is 15.9 Å². The summed E-state index contributed by atoms with van der Waals surface area (Å²) < 4.78 is 17.3. The number of ether oxygens (including phenoxy) is 2. The lowest BCUT2D eigenvalue weighted by Gasteiger charge is -2.14. The highest BCUT2D eigenvalue weighted by Crippen LogP contribution is 2.32. The predicted octanol–water partition coefficient (Wildman–Crippen LogP) is 3.67. The molecule has 3 rings (SSSR count). The summed E-state index contributed by atoms with van der Waals surface area (Å²) in [5.74, 6) is 2.90. The van der Waals surface area contributed by atoms with E-state index in [0.717, 1.165) is 5.56 Å². The largest absolute Gasteiger partial charge is 0.490 e. The number of nitrogens with one attached hydrogen (secondary N) is 1. The van der Waals surface area contributed by atoms with Gasteiger partial charge in [-0.15, -0.1) is 5.10 Å². The van der Waals surface area contributed by atoms with Crippen LogP contribution < -0.4 is 15.2 Å². The molecule has 132 valence electrons. The Kier molecular flexibility index (Phi) is 5.40. The van der Waals surface area contributed by atoms with E-state index in [4.69, 9.17) is 19.6 Å². The van der Waals surface area contributed by atoms with Gasteiger partial charge < -0.3 is 19.6 Å². The molecule has 2 aromatic heterocycles. The van der Waals surface area contributed by atoms with Crippen LogP contribution in [-0.4, -0.2) is 28.4 Å². The third-order valence-electron chi connectivity index (χ3n) is 3.52. The lowest BCUT2D eigenvalue weighted by Crippen LogP contribution is -2.14. The smallest absolute Gasteiger partial charge is 0.217 e. The van der Waals surface area contributed by atoms with E-state index in [2.05, 4.69) is 31.1 Å². The molecule has 0 aliphatic carbocycles. The summed E-state index contributed by atoms with van der Waals surface area (Å²) in [6.45, 7) is 4.96. The highest BCUT2D eigenvalue weighted by Gasteiger charge is 2.18. The number of halogens is 1. The molecule has 7 nitrogen and oxygen atoms in total. The van der Waals surface area contributed by atoms with Gasteiger partial charge in [-0.05, 0) is 59.6 Å². The molecular weight excluding hydrogens is 388 g/mol. The quantitative estimate of drug-likeness (QED) is 0.620. The van der Waals surface area contributed by atoms with Crippen molar-refractivity contribution >= 4 is 15.9 Å². The van der Waals surface area contributed by atoms with Crippen LogP contribution in [0.2, 0.25) is 0 Å². The van der Waals surface area contributed by atoms with Crippen LogP contribution in [0.4, 0.5) is 0 Å². The maximum Gasteiger partial charge on any atom is 0.217 e. The van der Waals surface area contributed by atoms with Crippen molar-refractivity contribution in [2.24, 2.45) is 5.73 Å². The van der Waals surface area contributed by atoms with Crippen LogP contribution in [0.1, 0.15) is 31.3 Å². The molecule has 3 N–H and O–H groups in total. The molecule has 0 saturated carbocycles. The molecule has 8 heteroatoms. The van der Waals surface area contributed by atoms with Crippen molar-refractivity contribution in [3.8, 4) is 23.1 Å². The number of hydrogen-bond acceptors (Lipinski definition) is 6. The normalized spacial score (nSPS) is 12.2. The van der Waals surface area contributed by atoms with Crippen LogP contribution in [0.25, 0.3) is 11.6 Å². The summed E-state index contributed by atoms with van der Waals surface area (Å²) in [5.41, 5.74) is 7.17. The van der Waals surface area contributed by atoms with Crippen molar-refractivity contribution in [1.29, 1.82) is 0 Å². The van der Waals surface area contributed by atoms with E-state index in [1.165, 1.54) is 0 Å². The van der Waals surface area contributed by atoms with E-state index >= 15 is 0 Å². The number of nitrogens with two attached hydrogens (primary N) is 1. The van der Waals surface area contributed by atoms with Crippen LogP contribution in [-0.2, 0) is 0 Å². The van der Waals surface area contributed by atoms with Crippen LogP contribution in [0, 0.1) is 0 Å². The van der Waals surface area contributed by atoms with Crippen molar-refractivity contribution in [1.82, 2.24) is 15.2 Å². The van der Waals surface area contributed by atoms with Gasteiger partial charge in [0, 0.05) is 0 Å². The van der Waals surface area contributed by atoms with Gasteiger partial charge in [-0.2, -0.15) is 0 Å². The number of benzene rings is 1. The fourth-order valence-corrected chi connectivity index (χ4v) is 2.68. The van der Waals surface area contributed by atoms with Crippen molar-refractivity contribution in [2.45, 2.75) is 19.9 Å². The van der Waals surface area contributed by atoms with Gasteiger partial charge in [-0.25, -0.2) is 4.98 Å². The van der Waals surface area contributed by atoms with Crippen molar-refractivity contribution in [3.05, 3.63) is 46.4 Å². The number of aromatic nitrogens is 3. The number of furan rings is 1. The Morgan fingerprint density at radius 2 is 1.92 bits per heavy atom. The lowest BCUT2D eigenvalue weighted by molar-refractivity contribution is 0.287. The van der Waals surface area contributed by atoms with Gasteiger partial charge in [-0.3, -0.25) is 5.10 Å². The van der Waals surface area contributed by atoms with Gasteiger partial charge in [0.1, 0.15) is 5.82 Å². The maximum absolute atomic E-state index is 6.33. The topological polar surface area (TPSA) is 99.2 Å². The molecule has 2 heterocycles. The van der Waals surface area contributed by atoms with E-state index in [9.17, 15) is 0 Å². The number of H-pyrrole nitrogens is 1. The average Bonchev–Trinajstić information content (AvgIpc) is 3.25. The summed E-state index contributed by atoms with van der Waals surface area (Å²) in [6.07, 6.45) is 0. The van der Waals surface area contributed by atoms with Crippen LogP contribution in [0.5, 0.6) is 11.5 Å². The van der Waals surface area contributed by atoms with E-state index in [1.54, 1.807) is 12.1 Å². The Bertz CT molecular complexity index is 846. The molecule has 0 spiro atoms. The minimum atomic E-state index is -0.477. The first-order chi connectivity index (χ1) is 12.1. The molecule has 0 aliphatic rings. The van der Waals surface area contributed by atoms with E-state index in [-0.39, 0.29) is 0 Å². The zero-order valence-corrected chi connectivity index (χ0v) is 15.5. The molecule has 0 amide bonds. The summed E-state index contributed by atoms with van der Waals surface area (Å²) in [5, 5.41) is 7.03. The van der Waals surface area contributed by atoms with Crippen LogP contribution in [0.15, 0.2) is 39.4 Å². The zero-order chi connectivity index (χ0) is 17.8. The van der Waals surface area contributed by atoms with E-state index in [1.807, 2.05) is 32.0 Å². The Morgan fingerprint density at radius 1 is 1.16 bits per heavy atom. The Hall–Kier alpha value is -2.32. The van der Waals surface area contributed by atoms with E-state index < -0.39 is 6.04 Å². The molecule has 1 atom stereocenters. The summed E-state index contributed by atoms with van der Waals surface area (Å²) in [4.78, 5) is 4.43. The zero-order valence-electron chi connectivity index (χ0n) is 14.0. The van der Waals surface area contributed by atoms with Gasteiger partial charge in [0.25, 0.3) is 0 Å². The first-order valence-electron chi connectivity index (χ1n) is 7.95. The van der Waals surface area contributed by atoms with Crippen LogP contribution in [0.3, 0.4) is 0 Å². The molecule has 1 unspecified atom stereocenters. The second kappa shape index (κ2) is 7.71. The fraction of sp³-hybridized carbons (Fsp3) is 0.294. The molecule has 0 saturated heterocycles. The number of hydrogen-bond donors (Lipinski definition) is 2. The summed E-state index contributed by atoms with van der Waals surface area (Å²) in [6, 6.07) is 8.70. The monoisotopic (exact) mass is 406 g/mol. The van der Waals surface area contributed by atoms with Gasteiger partial charge in [-0.1, -0.05) is 6.07 Å². The minimum absolute atomic E-state index is 0.451. The molecule has 1 aromatic carbocycles. The minimum Gasteiger partial charge on any atom is -0.490 e. The third-order valence-corrected chi connectivity index (χ3v) is 3.94. The van der Waals surface area contributed by atoms with Crippen molar-refractivity contribution < 1.29 is 13.9 Å². The molecule has 25 heavy (non-hydrogen) atoms. The Balaban J connectivity index is 1.86. The molecule has 0 radical (unpaired) electrons. The summed E-state index contributed by atoms with van der Waals surface area (Å²) >= 11 is 3.26. The van der Waals surface area contributed by atoms with Gasteiger partial charge >= 0.3 is 0 Å². The van der Waals surface area contributed by atoms with Gasteiger partial charge in [0.15, 0.2) is 21.9 Å². The van der Waals surface area contributed by atoms with E-state index in [0.29, 0.717) is 46.8 Å². The van der Waals surface area contributed by atoms with Gasteiger partial charge in [0.05, 0.1) is 19.3 Å². The first kappa shape index (κ1) is 17.5. The number of aromatic amines is 1. The third kappa shape index (κ3) is 3.85. The highest BCUT2D eigenvalue weighted by molar-refractivity contribution is 9.10. The molecule has 3 aromatic rings. The Labute approximate surface area is 153 Å². The summed E-state index contributed by atoms with van der Waals surface area (Å²) in [7, 11) is 0. The maximum atomic E-state index is 6.33. The number of rotatable bonds is 7. The molecule has 0 fully saturated rings. The SMILES string of the molecule is CCOc1ccc(C(N)c2nc(-c3ccc(Br)o3)n[nH]2)cc1OCC. The number of nitrogens with zero attached hydrogens (tertiary/aromatic N) is 2. The molecule has 0 aliphatic heterocycles. The lowest BCUT2D eigenvalue weighted by atomic mass is 10.1. The Morgan fingerprint density at radius 3 is 2.60 bits per heavy atom. The van der Waals surface area contributed by atoms with Crippen molar-refractivity contribution in [3.63, 3.8) is 0 Å². The average molecular weight is 407 g/mol. The predicted molar refractivity (Wildman–Crippen MR) is 96.6 cm³/mol. The van der Waals surface area contributed by atoms with Gasteiger partial charge in [0.2, 0.25) is 5.82 Å². The molecule has 0 bridgehead atoms. The first-order valence-corrected chi connectivity index (χ1v) is 8.74. The fourth-order valence-electron chi connectivity index (χ4n) is 2.38.